The van der Waals surface area contributed by atoms with Gasteiger partial charge >= 0.3 is 0 Å². The number of nitrogens with one attached hydrogen (secondary N) is 2. The fraction of sp³-hybridized carbons (Fsp3) is 0.533. The van der Waals surface area contributed by atoms with Crippen LogP contribution in [0.1, 0.15) is 38.2 Å². The molecule has 0 saturated heterocycles. The molecule has 1 aliphatic carbocycles. The van der Waals surface area contributed by atoms with Gasteiger partial charge in [0.05, 0.1) is 0 Å². The topological polar surface area (TPSA) is 24.1 Å². The Hall–Kier alpha value is -0.800. The van der Waals surface area contributed by atoms with Gasteiger partial charge in [0, 0.05) is 17.6 Å². The van der Waals surface area contributed by atoms with Gasteiger partial charge in [-0.1, -0.05) is 43.5 Å². The molecule has 4 heteroatoms. The molecular weight excluding hydrogens is 276 g/mol. The minimum Gasteiger partial charge on any atom is -0.360 e. The maximum absolute atomic E-state index is 5.86. The van der Waals surface area contributed by atoms with Crippen molar-refractivity contribution in [3.05, 3.63) is 34.9 Å². The number of hydrogen-bond acceptors (Lipinski definition) is 1. The van der Waals surface area contributed by atoms with E-state index in [1.807, 2.05) is 24.3 Å². The molecule has 0 aliphatic heterocycles. The summed E-state index contributed by atoms with van der Waals surface area (Å²) in [6.45, 7) is 3.04. The van der Waals surface area contributed by atoms with Gasteiger partial charge in [-0.15, -0.1) is 0 Å². The normalized spacial score (nSPS) is 22.8. The molecule has 19 heavy (non-hydrogen) atoms. The van der Waals surface area contributed by atoms with E-state index in [9.17, 15) is 0 Å². The summed E-state index contributed by atoms with van der Waals surface area (Å²) >= 11 is 11.2. The lowest BCUT2D eigenvalue weighted by Gasteiger charge is -2.30. The molecule has 2 rings (SSSR count). The van der Waals surface area contributed by atoms with Gasteiger partial charge in [0.15, 0.2) is 5.11 Å². The second kappa shape index (κ2) is 7.11. The number of benzene rings is 1. The lowest BCUT2D eigenvalue weighted by atomic mass is 9.86. The van der Waals surface area contributed by atoms with Crippen LogP contribution < -0.4 is 10.6 Å². The monoisotopic (exact) mass is 296 g/mol. The van der Waals surface area contributed by atoms with Crippen LogP contribution in [-0.2, 0) is 6.54 Å². The molecule has 2 unspecified atom stereocenters. The van der Waals surface area contributed by atoms with Gasteiger partial charge in [-0.05, 0) is 48.7 Å². The van der Waals surface area contributed by atoms with Crippen LogP contribution in [0.4, 0.5) is 0 Å². The number of hydrogen-bond donors (Lipinski definition) is 2. The predicted octanol–water partition coefficient (Wildman–Crippen LogP) is 3.88. The van der Waals surface area contributed by atoms with Gasteiger partial charge in [-0.3, -0.25) is 0 Å². The van der Waals surface area contributed by atoms with Crippen LogP contribution in [0, 0.1) is 5.92 Å². The molecule has 0 amide bonds. The van der Waals surface area contributed by atoms with Gasteiger partial charge < -0.3 is 10.6 Å². The first kappa shape index (κ1) is 14.6. The molecule has 104 valence electrons. The van der Waals surface area contributed by atoms with Gasteiger partial charge in [-0.25, -0.2) is 0 Å². The smallest absolute Gasteiger partial charge is 0.166 e. The Bertz CT molecular complexity index is 419. The molecular formula is C15H21ClN2S. The third-order valence-electron chi connectivity index (χ3n) is 3.79. The van der Waals surface area contributed by atoms with Crippen molar-refractivity contribution in [2.45, 2.75) is 45.2 Å². The molecule has 0 spiro atoms. The molecule has 1 aromatic carbocycles. The Balaban J connectivity index is 1.76. The highest BCUT2D eigenvalue weighted by atomic mass is 35.5. The highest BCUT2D eigenvalue weighted by Crippen LogP contribution is 2.23. The highest BCUT2D eigenvalue weighted by Gasteiger charge is 2.21. The minimum absolute atomic E-state index is 0.527. The summed E-state index contributed by atoms with van der Waals surface area (Å²) < 4.78 is 0. The lowest BCUT2D eigenvalue weighted by molar-refractivity contribution is 0.308. The third kappa shape index (κ3) is 4.66. The van der Waals surface area contributed by atoms with Crippen LogP contribution in [0.2, 0.25) is 5.02 Å². The average Bonchev–Trinajstić information content (AvgIpc) is 2.41. The van der Waals surface area contributed by atoms with E-state index in [0.29, 0.717) is 12.0 Å². The summed E-state index contributed by atoms with van der Waals surface area (Å²) in [5, 5.41) is 8.23. The summed E-state index contributed by atoms with van der Waals surface area (Å²) in [4.78, 5) is 0. The summed E-state index contributed by atoms with van der Waals surface area (Å²) in [6, 6.07) is 8.36. The van der Waals surface area contributed by atoms with Crippen LogP contribution in [0.5, 0.6) is 0 Å². The van der Waals surface area contributed by atoms with E-state index in [1.165, 1.54) is 31.2 Å². The Kier molecular flexibility index (Phi) is 5.46. The maximum Gasteiger partial charge on any atom is 0.166 e. The van der Waals surface area contributed by atoms with Gasteiger partial charge in [0.25, 0.3) is 0 Å². The molecule has 1 aromatic rings. The molecule has 0 bridgehead atoms. The molecule has 2 N–H and O–H groups in total. The fourth-order valence-electron chi connectivity index (χ4n) is 2.53. The first-order valence-corrected chi connectivity index (χ1v) is 7.72. The van der Waals surface area contributed by atoms with Crippen molar-refractivity contribution in [3.8, 4) is 0 Å². The molecule has 0 aromatic heterocycles. The van der Waals surface area contributed by atoms with Crippen LogP contribution >= 0.6 is 23.8 Å². The summed E-state index contributed by atoms with van der Waals surface area (Å²) in [6.07, 6.45) is 5.19. The summed E-state index contributed by atoms with van der Waals surface area (Å²) in [7, 11) is 0. The first-order chi connectivity index (χ1) is 9.15. The van der Waals surface area contributed by atoms with Crippen molar-refractivity contribution in [3.63, 3.8) is 0 Å². The average molecular weight is 297 g/mol. The fourth-order valence-corrected chi connectivity index (χ4v) is 2.88. The van der Waals surface area contributed by atoms with Crippen molar-refractivity contribution >= 4 is 28.9 Å². The summed E-state index contributed by atoms with van der Waals surface area (Å²) in [5.74, 6) is 0.712. The van der Waals surface area contributed by atoms with Crippen LogP contribution in [0.25, 0.3) is 0 Å². The minimum atomic E-state index is 0.527. The largest absolute Gasteiger partial charge is 0.360 e. The molecule has 1 saturated carbocycles. The number of halogens is 1. The second-order valence-electron chi connectivity index (χ2n) is 5.32. The molecule has 0 heterocycles. The van der Waals surface area contributed by atoms with Crippen molar-refractivity contribution < 1.29 is 0 Å². The lowest BCUT2D eigenvalue weighted by Crippen LogP contribution is -2.45. The molecule has 1 fully saturated rings. The van der Waals surface area contributed by atoms with Crippen LogP contribution in [0.3, 0.4) is 0 Å². The van der Waals surface area contributed by atoms with E-state index in [2.05, 4.69) is 17.6 Å². The molecule has 1 aliphatic rings. The van der Waals surface area contributed by atoms with E-state index in [-0.39, 0.29) is 0 Å². The van der Waals surface area contributed by atoms with E-state index < -0.39 is 0 Å². The predicted molar refractivity (Wildman–Crippen MR) is 85.4 cm³/mol. The van der Waals surface area contributed by atoms with Gasteiger partial charge in [-0.2, -0.15) is 0 Å². The van der Waals surface area contributed by atoms with E-state index in [4.69, 9.17) is 23.8 Å². The Labute approximate surface area is 125 Å². The van der Waals surface area contributed by atoms with E-state index in [0.717, 1.165) is 16.7 Å². The number of thiocarbonyl (C=S) groups is 1. The van der Waals surface area contributed by atoms with Crippen LogP contribution in [0.15, 0.2) is 24.3 Å². The Morgan fingerprint density at radius 1 is 1.26 bits per heavy atom. The highest BCUT2D eigenvalue weighted by molar-refractivity contribution is 7.80. The van der Waals surface area contributed by atoms with Gasteiger partial charge in [0.1, 0.15) is 0 Å². The van der Waals surface area contributed by atoms with E-state index in [1.54, 1.807) is 0 Å². The zero-order chi connectivity index (χ0) is 13.7. The zero-order valence-electron chi connectivity index (χ0n) is 11.3. The molecule has 2 nitrogen and oxygen atoms in total. The molecule has 2 atom stereocenters. The van der Waals surface area contributed by atoms with Crippen molar-refractivity contribution in [2.24, 2.45) is 5.92 Å². The SMILES string of the molecule is CC1CCCCC1NC(=S)NCc1ccc(Cl)cc1. The zero-order valence-corrected chi connectivity index (χ0v) is 12.9. The second-order valence-corrected chi connectivity index (χ2v) is 6.17. The quantitative estimate of drug-likeness (QED) is 0.828. The van der Waals surface area contributed by atoms with Crippen molar-refractivity contribution in [2.75, 3.05) is 0 Å². The van der Waals surface area contributed by atoms with Crippen molar-refractivity contribution in [1.29, 1.82) is 0 Å². The summed E-state index contributed by atoms with van der Waals surface area (Å²) in [5.41, 5.74) is 1.19. The van der Waals surface area contributed by atoms with Gasteiger partial charge in [0.2, 0.25) is 0 Å². The maximum atomic E-state index is 5.86. The Morgan fingerprint density at radius 2 is 1.95 bits per heavy atom. The first-order valence-electron chi connectivity index (χ1n) is 6.94. The standard InChI is InChI=1S/C15H21ClN2S/c1-11-4-2-3-5-14(11)18-15(19)17-10-12-6-8-13(16)9-7-12/h6-9,11,14H,2-5,10H2,1H3,(H2,17,18,19). The van der Waals surface area contributed by atoms with Crippen LogP contribution in [-0.4, -0.2) is 11.2 Å². The van der Waals surface area contributed by atoms with Crippen molar-refractivity contribution in [1.82, 2.24) is 10.6 Å². The van der Waals surface area contributed by atoms with E-state index >= 15 is 0 Å². The number of rotatable bonds is 3. The Morgan fingerprint density at radius 3 is 2.63 bits per heavy atom. The molecule has 0 radical (unpaired) electrons. The third-order valence-corrected chi connectivity index (χ3v) is 4.31.